The number of benzene rings is 2. The Bertz CT molecular complexity index is 1540. The quantitative estimate of drug-likeness (QED) is 0.187. The third-order valence-electron chi connectivity index (χ3n) is 4.66. The van der Waals surface area contributed by atoms with Crippen molar-refractivity contribution in [1.29, 1.82) is 10.5 Å². The molecular weight excluding hydrogens is 547 g/mol. The van der Waals surface area contributed by atoms with E-state index in [4.69, 9.17) is 43.2 Å². The zero-order valence-electron chi connectivity index (χ0n) is 19.1. The molecule has 6 nitrogen and oxygen atoms in total. The monoisotopic (exact) mass is 560 g/mol. The van der Waals surface area contributed by atoms with E-state index in [0.717, 1.165) is 24.3 Å². The van der Waals surface area contributed by atoms with Crippen molar-refractivity contribution in [2.24, 2.45) is 0 Å². The third-order valence-corrected chi connectivity index (χ3v) is 5.14. The van der Waals surface area contributed by atoms with E-state index in [1.165, 1.54) is 36.4 Å². The van der Waals surface area contributed by atoms with Crippen LogP contribution in [-0.4, -0.2) is 9.97 Å². The van der Waals surface area contributed by atoms with Crippen LogP contribution in [0.4, 0.5) is 17.6 Å². The van der Waals surface area contributed by atoms with Crippen LogP contribution in [0, 0.1) is 45.9 Å². The topological polar surface area (TPSA) is 91.8 Å². The zero-order valence-corrected chi connectivity index (χ0v) is 20.6. The maximum atomic E-state index is 13.5. The van der Waals surface area contributed by atoms with Gasteiger partial charge in [-0.3, -0.25) is 0 Å². The Kier molecular flexibility index (Phi) is 9.83. The lowest BCUT2D eigenvalue weighted by molar-refractivity contribution is 0.272. The van der Waals surface area contributed by atoms with Crippen LogP contribution in [0.25, 0.3) is 0 Å². The smallest absolute Gasteiger partial charge is 0.252 e. The Morgan fingerprint density at radius 1 is 0.658 bits per heavy atom. The van der Waals surface area contributed by atoms with Gasteiger partial charge in [-0.15, -0.1) is 0 Å². The summed E-state index contributed by atoms with van der Waals surface area (Å²) in [6.45, 7) is -0.297. The highest BCUT2D eigenvalue weighted by Gasteiger charge is 2.10. The molecule has 12 heteroatoms. The van der Waals surface area contributed by atoms with E-state index in [0.29, 0.717) is 0 Å². The average Bonchev–Trinajstić information content (AvgIpc) is 2.91. The molecule has 0 aliphatic rings. The van der Waals surface area contributed by atoms with Gasteiger partial charge in [0.1, 0.15) is 30.0 Å². The molecule has 192 valence electrons. The highest BCUT2D eigenvalue weighted by atomic mass is 35.5. The highest BCUT2D eigenvalue weighted by Crippen LogP contribution is 2.20. The molecule has 4 rings (SSSR count). The normalized spacial score (nSPS) is 10.0. The number of aromatic nitrogens is 2. The Labute approximate surface area is 224 Å². The molecule has 0 N–H and O–H groups in total. The molecule has 0 saturated carbocycles. The van der Waals surface area contributed by atoms with Crippen molar-refractivity contribution < 1.29 is 27.0 Å². The van der Waals surface area contributed by atoms with Crippen molar-refractivity contribution >= 4 is 23.2 Å². The summed E-state index contributed by atoms with van der Waals surface area (Å²) in [6, 6.07) is 16.4. The third kappa shape index (κ3) is 7.81. The Morgan fingerprint density at radius 2 is 1.21 bits per heavy atom. The van der Waals surface area contributed by atoms with Crippen molar-refractivity contribution in [1.82, 2.24) is 9.97 Å². The Morgan fingerprint density at radius 3 is 1.74 bits per heavy atom. The van der Waals surface area contributed by atoms with Gasteiger partial charge in [-0.25, -0.2) is 17.6 Å². The lowest BCUT2D eigenvalue weighted by Gasteiger charge is -2.07. The predicted molar refractivity (Wildman–Crippen MR) is 129 cm³/mol. The van der Waals surface area contributed by atoms with E-state index in [-0.39, 0.29) is 57.5 Å². The van der Waals surface area contributed by atoms with Crippen molar-refractivity contribution in [2.45, 2.75) is 13.2 Å². The van der Waals surface area contributed by atoms with Crippen molar-refractivity contribution in [3.8, 4) is 23.9 Å². The molecule has 0 spiro atoms. The summed E-state index contributed by atoms with van der Waals surface area (Å²) in [5.74, 6) is -2.68. The second-order valence-electron chi connectivity index (χ2n) is 7.26. The molecule has 0 radical (unpaired) electrons. The average molecular weight is 561 g/mol. The fraction of sp³-hybridized carbons (Fsp3) is 0.0769. The summed E-state index contributed by atoms with van der Waals surface area (Å²) >= 11 is 11.1. The maximum Gasteiger partial charge on any atom is 0.252 e. The molecule has 0 bridgehead atoms. The fourth-order valence-electron chi connectivity index (χ4n) is 2.75. The van der Waals surface area contributed by atoms with Crippen LogP contribution in [0.1, 0.15) is 22.3 Å². The first-order valence-corrected chi connectivity index (χ1v) is 11.2. The van der Waals surface area contributed by atoms with E-state index in [1.807, 2.05) is 12.1 Å². The largest absolute Gasteiger partial charge is 0.473 e. The van der Waals surface area contributed by atoms with Crippen molar-refractivity contribution in [3.05, 3.63) is 116 Å². The molecule has 0 unspecified atom stereocenters. The number of pyridine rings is 2. The molecule has 38 heavy (non-hydrogen) atoms. The van der Waals surface area contributed by atoms with E-state index >= 15 is 0 Å². The van der Waals surface area contributed by atoms with Crippen LogP contribution in [-0.2, 0) is 13.2 Å². The fourth-order valence-corrected chi connectivity index (χ4v) is 3.03. The lowest BCUT2D eigenvalue weighted by atomic mass is 10.1. The summed E-state index contributed by atoms with van der Waals surface area (Å²) in [5.41, 5.74) is 0.888. The molecular formula is C26H14Cl2F4N4O2. The number of halogens is 6. The van der Waals surface area contributed by atoms with Gasteiger partial charge in [0, 0.05) is 17.2 Å². The van der Waals surface area contributed by atoms with Gasteiger partial charge in [-0.1, -0.05) is 35.3 Å². The van der Waals surface area contributed by atoms with Crippen LogP contribution in [0.5, 0.6) is 11.8 Å². The van der Waals surface area contributed by atoms with Gasteiger partial charge in [0.05, 0.1) is 23.3 Å². The van der Waals surface area contributed by atoms with Gasteiger partial charge < -0.3 is 9.47 Å². The van der Waals surface area contributed by atoms with Crippen LogP contribution >= 0.6 is 23.2 Å². The van der Waals surface area contributed by atoms with Crippen molar-refractivity contribution in [2.75, 3.05) is 0 Å². The molecule has 0 fully saturated rings. The van der Waals surface area contributed by atoms with E-state index in [2.05, 4.69) is 9.97 Å². The SMILES string of the molecule is N#Cc1ccc(COc2ccc(F)c(Cl)n2)c(F)c1.N#Cc1ccc(COc2nc(Cl)ccc2F)c(F)c1. The van der Waals surface area contributed by atoms with Crippen molar-refractivity contribution in [3.63, 3.8) is 0 Å². The molecule has 2 heterocycles. The van der Waals surface area contributed by atoms with Gasteiger partial charge in [-0.05, 0) is 42.5 Å². The van der Waals surface area contributed by atoms with Gasteiger partial charge in [-0.2, -0.15) is 20.5 Å². The number of hydrogen-bond acceptors (Lipinski definition) is 6. The molecule has 2 aromatic heterocycles. The van der Waals surface area contributed by atoms with Crippen LogP contribution in [0.15, 0.2) is 60.7 Å². The van der Waals surface area contributed by atoms with Crippen LogP contribution < -0.4 is 9.47 Å². The summed E-state index contributed by atoms with van der Waals surface area (Å²) in [6.07, 6.45) is 0. The zero-order chi connectivity index (χ0) is 27.7. The number of ether oxygens (including phenoxy) is 2. The maximum absolute atomic E-state index is 13.5. The molecule has 4 aromatic rings. The second kappa shape index (κ2) is 13.2. The molecule has 0 aliphatic carbocycles. The van der Waals surface area contributed by atoms with E-state index in [1.54, 1.807) is 0 Å². The van der Waals surface area contributed by atoms with Crippen LogP contribution in [0.3, 0.4) is 0 Å². The van der Waals surface area contributed by atoms with Crippen LogP contribution in [0.2, 0.25) is 10.3 Å². The van der Waals surface area contributed by atoms with E-state index in [9.17, 15) is 17.6 Å². The molecule has 0 saturated heterocycles. The first kappa shape index (κ1) is 28.2. The minimum atomic E-state index is -0.682. The van der Waals surface area contributed by atoms with Gasteiger partial charge in [0.15, 0.2) is 16.8 Å². The standard InChI is InChI=1S/2C13H7ClF2N2O/c14-13-10(15)3-4-12(18-13)19-7-9-2-1-8(6-17)5-11(9)16;14-12-4-3-10(15)13(18-12)19-7-9-2-1-8(6-17)5-11(9)16/h2*1-5H,7H2. The van der Waals surface area contributed by atoms with Gasteiger partial charge in [0.25, 0.3) is 5.88 Å². The minimum Gasteiger partial charge on any atom is -0.473 e. The number of rotatable bonds is 6. The molecule has 2 aromatic carbocycles. The first-order chi connectivity index (χ1) is 18.2. The minimum absolute atomic E-state index is 0.0803. The predicted octanol–water partition coefficient (Wildman–Crippen LogP) is 6.93. The number of nitrogens with zero attached hydrogens (tertiary/aromatic N) is 4. The summed E-state index contributed by atoms with van der Waals surface area (Å²) in [5, 5.41) is 17.0. The molecule has 0 atom stereocenters. The molecule has 0 amide bonds. The summed E-state index contributed by atoms with van der Waals surface area (Å²) < 4.78 is 63.5. The number of hydrogen-bond donors (Lipinski definition) is 0. The summed E-state index contributed by atoms with van der Waals surface area (Å²) in [7, 11) is 0. The number of nitriles is 2. The Hall–Kier alpha value is -4.38. The Balaban J connectivity index is 0.000000211. The van der Waals surface area contributed by atoms with Gasteiger partial charge >= 0.3 is 0 Å². The second-order valence-corrected chi connectivity index (χ2v) is 8.00. The van der Waals surface area contributed by atoms with Gasteiger partial charge in [0.2, 0.25) is 5.88 Å². The van der Waals surface area contributed by atoms with E-state index < -0.39 is 23.3 Å². The highest BCUT2D eigenvalue weighted by molar-refractivity contribution is 6.29. The summed E-state index contributed by atoms with van der Waals surface area (Å²) in [4.78, 5) is 7.29. The lowest BCUT2D eigenvalue weighted by Crippen LogP contribution is -2.02. The first-order valence-electron chi connectivity index (χ1n) is 10.5. The molecule has 0 aliphatic heterocycles.